The Balaban J connectivity index is 1.43. The second-order valence-corrected chi connectivity index (χ2v) is 7.10. The molecule has 7 nitrogen and oxygen atoms in total. The number of hydrogen-bond donors (Lipinski definition) is 1. The minimum atomic E-state index is -0.577. The highest BCUT2D eigenvalue weighted by Gasteiger charge is 2.29. The first kappa shape index (κ1) is 18.2. The number of rotatable bonds is 6. The first-order valence-electron chi connectivity index (χ1n) is 9.28. The normalized spacial score (nSPS) is 13.5. The fourth-order valence-corrected chi connectivity index (χ4v) is 3.13. The summed E-state index contributed by atoms with van der Waals surface area (Å²) in [4.78, 5) is 29.2. The van der Waals surface area contributed by atoms with E-state index in [1.54, 1.807) is 13.0 Å². The maximum absolute atomic E-state index is 12.6. The third-order valence-corrected chi connectivity index (χ3v) is 4.92. The number of nitrogens with one attached hydrogen (secondary N) is 1. The summed E-state index contributed by atoms with van der Waals surface area (Å²) in [6.07, 6.45) is 2.09. The fraction of sp³-hybridized carbons (Fsp3) is 0.333. The average molecular weight is 379 g/mol. The summed E-state index contributed by atoms with van der Waals surface area (Å²) in [7, 11) is 0. The van der Waals surface area contributed by atoms with Crippen molar-refractivity contribution >= 4 is 23.0 Å². The molecule has 1 aliphatic carbocycles. The second kappa shape index (κ2) is 7.42. The van der Waals surface area contributed by atoms with Crippen LogP contribution in [0.3, 0.4) is 0 Å². The van der Waals surface area contributed by atoms with Crippen molar-refractivity contribution in [3.63, 3.8) is 0 Å². The molecule has 2 heterocycles. The van der Waals surface area contributed by atoms with Crippen LogP contribution < -0.4 is 5.32 Å². The molecule has 0 unspecified atom stereocenters. The molecule has 2 aromatic heterocycles. The van der Waals surface area contributed by atoms with Crippen LogP contribution in [0.15, 0.2) is 34.9 Å². The van der Waals surface area contributed by atoms with Gasteiger partial charge in [-0.3, -0.25) is 4.79 Å². The maximum atomic E-state index is 12.6. The molecular formula is C21H21N3O4. The molecular weight excluding hydrogens is 358 g/mol. The van der Waals surface area contributed by atoms with E-state index < -0.39 is 5.97 Å². The van der Waals surface area contributed by atoms with Crippen molar-refractivity contribution in [1.82, 2.24) is 15.5 Å². The van der Waals surface area contributed by atoms with Crippen LogP contribution in [0.4, 0.5) is 0 Å². The van der Waals surface area contributed by atoms with Crippen molar-refractivity contribution in [2.24, 2.45) is 0 Å². The third kappa shape index (κ3) is 3.74. The predicted octanol–water partition coefficient (Wildman–Crippen LogP) is 3.19. The van der Waals surface area contributed by atoms with Gasteiger partial charge in [0.2, 0.25) is 0 Å². The number of aryl methyl sites for hydroxylation is 2. The van der Waals surface area contributed by atoms with E-state index >= 15 is 0 Å². The minimum absolute atomic E-state index is 0.331. The van der Waals surface area contributed by atoms with Gasteiger partial charge in [-0.05, 0) is 43.9 Å². The van der Waals surface area contributed by atoms with Crippen molar-refractivity contribution in [3.8, 4) is 0 Å². The van der Waals surface area contributed by atoms with Gasteiger partial charge in [0, 0.05) is 18.2 Å². The standard InChI is InChI=1S/C21H21N3O4/c1-12-5-3-4-6-15(12)10-22-18(25)11-27-21(26)16-9-17(14-7-8-14)23-20-19(16)13(2)24-28-20/h3-6,9,14H,7-8,10-11H2,1-2H3,(H,22,25). The molecule has 0 saturated heterocycles. The predicted molar refractivity (Wildman–Crippen MR) is 102 cm³/mol. The highest BCUT2D eigenvalue weighted by Crippen LogP contribution is 2.40. The first-order valence-corrected chi connectivity index (χ1v) is 9.28. The van der Waals surface area contributed by atoms with E-state index in [1.165, 1.54) is 0 Å². The number of carbonyl (C=O) groups excluding carboxylic acids is 2. The van der Waals surface area contributed by atoms with Crippen molar-refractivity contribution < 1.29 is 18.8 Å². The van der Waals surface area contributed by atoms with Gasteiger partial charge in [0.15, 0.2) is 6.61 Å². The van der Waals surface area contributed by atoms with Crippen molar-refractivity contribution in [3.05, 3.63) is 58.4 Å². The van der Waals surface area contributed by atoms with Crippen LogP contribution in [0.2, 0.25) is 0 Å². The highest BCUT2D eigenvalue weighted by molar-refractivity contribution is 6.03. The van der Waals surface area contributed by atoms with Gasteiger partial charge in [-0.15, -0.1) is 0 Å². The Bertz CT molecular complexity index is 1050. The van der Waals surface area contributed by atoms with Crippen LogP contribution in [0.25, 0.3) is 11.1 Å². The molecule has 4 rings (SSSR count). The molecule has 0 atom stereocenters. The van der Waals surface area contributed by atoms with E-state index in [-0.39, 0.29) is 12.5 Å². The summed E-state index contributed by atoms with van der Waals surface area (Å²) in [5.74, 6) is -0.586. The lowest BCUT2D eigenvalue weighted by molar-refractivity contribution is -0.124. The molecule has 1 saturated carbocycles. The Morgan fingerprint density at radius 2 is 2.04 bits per heavy atom. The fourth-order valence-electron chi connectivity index (χ4n) is 3.13. The largest absolute Gasteiger partial charge is 0.452 e. The Kier molecular flexibility index (Phi) is 4.81. The zero-order valence-electron chi connectivity index (χ0n) is 15.8. The molecule has 0 spiro atoms. The van der Waals surface area contributed by atoms with Gasteiger partial charge >= 0.3 is 5.97 Å². The van der Waals surface area contributed by atoms with Crippen LogP contribution in [0, 0.1) is 13.8 Å². The SMILES string of the molecule is Cc1ccccc1CNC(=O)COC(=O)c1cc(C2CC2)nc2onc(C)c12. The maximum Gasteiger partial charge on any atom is 0.339 e. The van der Waals surface area contributed by atoms with Gasteiger partial charge in [0.05, 0.1) is 16.6 Å². The average Bonchev–Trinajstić information content (AvgIpc) is 3.48. The number of hydrogen-bond acceptors (Lipinski definition) is 6. The van der Waals surface area contributed by atoms with Crippen LogP contribution in [0.5, 0.6) is 0 Å². The molecule has 7 heteroatoms. The number of amides is 1. The second-order valence-electron chi connectivity index (χ2n) is 7.10. The van der Waals surface area contributed by atoms with Gasteiger partial charge < -0.3 is 14.6 Å². The number of esters is 1. The Morgan fingerprint density at radius 1 is 1.25 bits per heavy atom. The molecule has 1 aliphatic rings. The summed E-state index contributed by atoms with van der Waals surface area (Å²) >= 11 is 0. The lowest BCUT2D eigenvalue weighted by Crippen LogP contribution is -2.28. The summed E-state index contributed by atoms with van der Waals surface area (Å²) in [6, 6.07) is 9.53. The molecule has 1 aromatic carbocycles. The van der Waals surface area contributed by atoms with E-state index in [1.807, 2.05) is 31.2 Å². The quantitative estimate of drug-likeness (QED) is 0.661. The van der Waals surface area contributed by atoms with Gasteiger partial charge in [-0.2, -0.15) is 0 Å². The molecule has 1 N–H and O–H groups in total. The number of aromatic nitrogens is 2. The van der Waals surface area contributed by atoms with Gasteiger partial charge in [0.1, 0.15) is 0 Å². The number of pyridine rings is 1. The molecule has 1 fully saturated rings. The number of fused-ring (bicyclic) bond motifs is 1. The summed E-state index contributed by atoms with van der Waals surface area (Å²) in [6.45, 7) is 3.77. The van der Waals surface area contributed by atoms with Crippen molar-refractivity contribution in [1.29, 1.82) is 0 Å². The number of benzene rings is 1. The third-order valence-electron chi connectivity index (χ3n) is 4.92. The topological polar surface area (TPSA) is 94.3 Å². The number of nitrogens with zero attached hydrogens (tertiary/aromatic N) is 2. The first-order chi connectivity index (χ1) is 13.5. The molecule has 0 bridgehead atoms. The Labute approximate surface area is 162 Å². The van der Waals surface area contributed by atoms with Crippen LogP contribution in [-0.2, 0) is 16.1 Å². The van der Waals surface area contributed by atoms with Gasteiger partial charge in [-0.25, -0.2) is 9.78 Å². The Morgan fingerprint density at radius 3 is 2.79 bits per heavy atom. The molecule has 1 amide bonds. The Hall–Kier alpha value is -3.22. The zero-order chi connectivity index (χ0) is 19.7. The summed E-state index contributed by atoms with van der Waals surface area (Å²) in [5.41, 5.74) is 4.16. The minimum Gasteiger partial charge on any atom is -0.452 e. The lowest BCUT2D eigenvalue weighted by atomic mass is 10.1. The van der Waals surface area contributed by atoms with Crippen LogP contribution >= 0.6 is 0 Å². The lowest BCUT2D eigenvalue weighted by Gasteiger charge is -2.09. The van der Waals surface area contributed by atoms with Crippen molar-refractivity contribution in [2.75, 3.05) is 6.61 Å². The molecule has 3 aromatic rings. The smallest absolute Gasteiger partial charge is 0.339 e. The molecule has 0 radical (unpaired) electrons. The summed E-state index contributed by atoms with van der Waals surface area (Å²) < 4.78 is 10.5. The number of carbonyl (C=O) groups is 2. The molecule has 28 heavy (non-hydrogen) atoms. The van der Waals surface area contributed by atoms with E-state index in [0.29, 0.717) is 34.8 Å². The van der Waals surface area contributed by atoms with E-state index in [4.69, 9.17) is 9.26 Å². The highest BCUT2D eigenvalue weighted by atomic mass is 16.5. The van der Waals surface area contributed by atoms with E-state index in [9.17, 15) is 9.59 Å². The van der Waals surface area contributed by atoms with Gasteiger partial charge in [0.25, 0.3) is 11.6 Å². The monoisotopic (exact) mass is 379 g/mol. The van der Waals surface area contributed by atoms with Crippen molar-refractivity contribution in [2.45, 2.75) is 39.2 Å². The van der Waals surface area contributed by atoms with E-state index in [0.717, 1.165) is 29.7 Å². The van der Waals surface area contributed by atoms with Crippen LogP contribution in [0.1, 0.15) is 51.6 Å². The number of ether oxygens (including phenoxy) is 1. The molecule has 0 aliphatic heterocycles. The summed E-state index contributed by atoms with van der Waals surface area (Å²) in [5, 5.41) is 7.21. The van der Waals surface area contributed by atoms with Gasteiger partial charge in [-0.1, -0.05) is 29.4 Å². The zero-order valence-corrected chi connectivity index (χ0v) is 15.8. The van der Waals surface area contributed by atoms with E-state index in [2.05, 4.69) is 15.5 Å². The molecule has 144 valence electrons. The van der Waals surface area contributed by atoms with Crippen LogP contribution in [-0.4, -0.2) is 28.6 Å².